The number of amides is 1. The van der Waals surface area contributed by atoms with Gasteiger partial charge in [-0.05, 0) is 6.07 Å². The maximum Gasteiger partial charge on any atom is 0.258 e. The van der Waals surface area contributed by atoms with Crippen molar-refractivity contribution in [1.82, 2.24) is 0 Å². The normalized spacial score (nSPS) is 10.2. The molecule has 0 bridgehead atoms. The zero-order chi connectivity index (χ0) is 16.3. The third-order valence-electron chi connectivity index (χ3n) is 2.82. The molecule has 1 N–H and O–H groups in total. The van der Waals surface area contributed by atoms with E-state index in [1.165, 1.54) is 27.4 Å². The molecule has 0 radical (unpaired) electrons. The second-order valence-electron chi connectivity index (χ2n) is 4.11. The molecule has 2 rings (SSSR count). The first-order chi connectivity index (χ1) is 10.5. The van der Waals surface area contributed by atoms with E-state index in [2.05, 4.69) is 5.32 Å². The molecule has 0 spiro atoms. The first-order valence-corrected chi connectivity index (χ1v) is 7.63. The van der Waals surface area contributed by atoms with E-state index in [0.717, 1.165) is 11.3 Å². The summed E-state index contributed by atoms with van der Waals surface area (Å²) in [6.45, 7) is 0. The molecule has 0 aliphatic carbocycles. The molecule has 0 unspecified atom stereocenters. The fraction of sp³-hybridized carbons (Fsp3) is 0.214. The van der Waals surface area contributed by atoms with E-state index in [1.54, 1.807) is 12.1 Å². The monoisotopic (exact) mass is 361 g/mol. The van der Waals surface area contributed by atoms with Crippen molar-refractivity contribution >= 4 is 46.1 Å². The van der Waals surface area contributed by atoms with Gasteiger partial charge < -0.3 is 19.5 Å². The summed E-state index contributed by atoms with van der Waals surface area (Å²) in [7, 11) is 4.50. The Morgan fingerprint density at radius 2 is 1.64 bits per heavy atom. The molecule has 1 aromatic carbocycles. The van der Waals surface area contributed by atoms with Gasteiger partial charge in [-0.2, -0.15) is 0 Å². The number of thiophene rings is 1. The maximum absolute atomic E-state index is 12.2. The number of carbonyl (C=O) groups excluding carboxylic acids is 1. The first-order valence-electron chi connectivity index (χ1n) is 6.06. The smallest absolute Gasteiger partial charge is 0.258 e. The van der Waals surface area contributed by atoms with E-state index in [4.69, 9.17) is 37.4 Å². The van der Waals surface area contributed by atoms with Crippen molar-refractivity contribution in [2.24, 2.45) is 0 Å². The summed E-state index contributed by atoms with van der Waals surface area (Å²) in [5.74, 6) is 0.945. The Kier molecular flexibility index (Phi) is 5.39. The molecule has 0 aliphatic heterocycles. The zero-order valence-electron chi connectivity index (χ0n) is 12.0. The van der Waals surface area contributed by atoms with Crippen molar-refractivity contribution in [3.05, 3.63) is 32.4 Å². The number of hydrogen-bond donors (Lipinski definition) is 1. The highest BCUT2D eigenvalue weighted by atomic mass is 35.5. The van der Waals surface area contributed by atoms with Crippen LogP contribution in [0.15, 0.2) is 18.2 Å². The SMILES string of the molecule is COc1cc(NC(=O)c2cc(Cl)sc2Cl)cc(OC)c1OC. The molecule has 22 heavy (non-hydrogen) atoms. The van der Waals surface area contributed by atoms with Crippen LogP contribution in [0.3, 0.4) is 0 Å². The van der Waals surface area contributed by atoms with Crippen molar-refractivity contribution in [3.8, 4) is 17.2 Å². The second kappa shape index (κ2) is 7.09. The lowest BCUT2D eigenvalue weighted by atomic mass is 10.2. The minimum Gasteiger partial charge on any atom is -0.493 e. The highest BCUT2D eigenvalue weighted by Crippen LogP contribution is 2.40. The Hall–Kier alpha value is -1.63. The highest BCUT2D eigenvalue weighted by Gasteiger charge is 2.17. The molecule has 0 fully saturated rings. The van der Waals surface area contributed by atoms with Crippen LogP contribution >= 0.6 is 34.5 Å². The van der Waals surface area contributed by atoms with E-state index in [1.807, 2.05) is 0 Å². The Labute approximate surface area is 141 Å². The number of carbonyl (C=O) groups is 1. The van der Waals surface area contributed by atoms with Gasteiger partial charge in [-0.3, -0.25) is 4.79 Å². The largest absolute Gasteiger partial charge is 0.493 e. The summed E-state index contributed by atoms with van der Waals surface area (Å²) in [5.41, 5.74) is 0.795. The lowest BCUT2D eigenvalue weighted by molar-refractivity contribution is 0.102. The number of ether oxygens (including phenoxy) is 3. The maximum atomic E-state index is 12.2. The summed E-state index contributed by atoms with van der Waals surface area (Å²) >= 11 is 13.0. The van der Waals surface area contributed by atoms with Crippen molar-refractivity contribution in [1.29, 1.82) is 0 Å². The average Bonchev–Trinajstić information content (AvgIpc) is 2.84. The number of rotatable bonds is 5. The molecule has 0 aliphatic rings. The van der Waals surface area contributed by atoms with Gasteiger partial charge in [0.25, 0.3) is 5.91 Å². The van der Waals surface area contributed by atoms with Crippen molar-refractivity contribution < 1.29 is 19.0 Å². The van der Waals surface area contributed by atoms with E-state index in [-0.39, 0.29) is 5.91 Å². The standard InChI is InChI=1S/C14H13Cl2NO4S/c1-19-9-4-7(5-10(20-2)12(9)21-3)17-14(18)8-6-11(15)22-13(8)16/h4-6H,1-3H3,(H,17,18). The molecular weight excluding hydrogens is 349 g/mol. The van der Waals surface area contributed by atoms with Crippen LogP contribution < -0.4 is 19.5 Å². The predicted octanol–water partition coefficient (Wildman–Crippen LogP) is 4.33. The Balaban J connectivity index is 2.33. The van der Waals surface area contributed by atoms with Crippen LogP contribution in [0.5, 0.6) is 17.2 Å². The van der Waals surface area contributed by atoms with Gasteiger partial charge in [0.15, 0.2) is 11.5 Å². The van der Waals surface area contributed by atoms with Gasteiger partial charge in [0.05, 0.1) is 31.2 Å². The van der Waals surface area contributed by atoms with E-state index in [9.17, 15) is 4.79 Å². The highest BCUT2D eigenvalue weighted by molar-refractivity contribution is 7.20. The number of benzene rings is 1. The topological polar surface area (TPSA) is 56.8 Å². The van der Waals surface area contributed by atoms with Crippen LogP contribution in [-0.2, 0) is 0 Å². The van der Waals surface area contributed by atoms with Gasteiger partial charge in [-0.25, -0.2) is 0 Å². The van der Waals surface area contributed by atoms with Gasteiger partial charge in [0.1, 0.15) is 4.34 Å². The third kappa shape index (κ3) is 3.40. The number of nitrogens with one attached hydrogen (secondary N) is 1. The molecular formula is C14H13Cl2NO4S. The molecule has 1 amide bonds. The third-order valence-corrected chi connectivity index (χ3v) is 4.31. The van der Waals surface area contributed by atoms with Crippen LogP contribution in [0.2, 0.25) is 8.67 Å². The lowest BCUT2D eigenvalue weighted by Gasteiger charge is -2.14. The number of methoxy groups -OCH3 is 3. The molecule has 1 heterocycles. The number of halogens is 2. The Bertz CT molecular complexity index is 677. The first kappa shape index (κ1) is 16.7. The summed E-state index contributed by atoms with van der Waals surface area (Å²) < 4.78 is 16.5. The molecule has 0 atom stereocenters. The number of anilines is 1. The summed E-state index contributed by atoms with van der Waals surface area (Å²) in [4.78, 5) is 12.2. The minimum atomic E-state index is -0.373. The zero-order valence-corrected chi connectivity index (χ0v) is 14.4. The van der Waals surface area contributed by atoms with Gasteiger partial charge in [0, 0.05) is 17.8 Å². The van der Waals surface area contributed by atoms with E-state index < -0.39 is 0 Å². The summed E-state index contributed by atoms with van der Waals surface area (Å²) in [6, 6.07) is 4.77. The van der Waals surface area contributed by atoms with Crippen molar-refractivity contribution in [2.45, 2.75) is 0 Å². The Morgan fingerprint density at radius 1 is 1.05 bits per heavy atom. The molecule has 0 saturated carbocycles. The van der Waals surface area contributed by atoms with E-state index >= 15 is 0 Å². The van der Waals surface area contributed by atoms with Crippen LogP contribution in [0.1, 0.15) is 10.4 Å². The molecule has 2 aromatic rings. The minimum absolute atomic E-state index is 0.311. The fourth-order valence-corrected chi connectivity index (χ4v) is 3.31. The molecule has 5 nitrogen and oxygen atoms in total. The van der Waals surface area contributed by atoms with Gasteiger partial charge in [0.2, 0.25) is 5.75 Å². The van der Waals surface area contributed by atoms with E-state index in [0.29, 0.717) is 37.2 Å². The van der Waals surface area contributed by atoms with Crippen LogP contribution in [0.4, 0.5) is 5.69 Å². The molecule has 118 valence electrons. The van der Waals surface area contributed by atoms with Crippen molar-refractivity contribution in [2.75, 3.05) is 26.6 Å². The van der Waals surface area contributed by atoms with Crippen LogP contribution in [0, 0.1) is 0 Å². The second-order valence-corrected chi connectivity index (χ2v) is 6.39. The van der Waals surface area contributed by atoms with Gasteiger partial charge in [-0.1, -0.05) is 23.2 Å². The van der Waals surface area contributed by atoms with Gasteiger partial charge in [-0.15, -0.1) is 11.3 Å². The Morgan fingerprint density at radius 3 is 2.05 bits per heavy atom. The average molecular weight is 362 g/mol. The fourth-order valence-electron chi connectivity index (χ4n) is 1.85. The summed E-state index contributed by atoms with van der Waals surface area (Å²) in [6.07, 6.45) is 0. The predicted molar refractivity (Wildman–Crippen MR) is 88.4 cm³/mol. The quantitative estimate of drug-likeness (QED) is 0.860. The molecule has 1 aromatic heterocycles. The van der Waals surface area contributed by atoms with Gasteiger partial charge >= 0.3 is 0 Å². The number of hydrogen-bond acceptors (Lipinski definition) is 5. The summed E-state index contributed by atoms with van der Waals surface area (Å²) in [5, 5.41) is 2.72. The lowest BCUT2D eigenvalue weighted by Crippen LogP contribution is -2.11. The molecule has 8 heteroatoms. The van der Waals surface area contributed by atoms with Crippen LogP contribution in [-0.4, -0.2) is 27.2 Å². The van der Waals surface area contributed by atoms with Crippen LogP contribution in [0.25, 0.3) is 0 Å². The van der Waals surface area contributed by atoms with Crippen molar-refractivity contribution in [3.63, 3.8) is 0 Å². The molecule has 0 saturated heterocycles.